The van der Waals surface area contributed by atoms with Gasteiger partial charge in [-0.05, 0) is 40.0 Å². The molecule has 0 spiro atoms. The lowest BCUT2D eigenvalue weighted by molar-refractivity contribution is -0.319. The standard InChI is InChI=1S/C49H50O9/c1-50-49-46(53-31-37-21-11-4-12-22-37)41(45-44(57-49)34-55-48(58-45)39-25-15-6-16-26-39)27-40-28-42(52-30-36-19-9-3-10-20-36)47(54-32-38-23-13-5-14-24-38)43(56-40)33-51-29-35-17-7-2-8-18-35/h2-28,42-49H,29-34H2,1H3/b41-27-/t42-,43-,44-,45-,46-,47+,48?,49+/m1/s1. The Kier molecular flexibility index (Phi) is 13.9. The molecule has 3 aliphatic rings. The van der Waals surface area contributed by atoms with Crippen molar-refractivity contribution in [2.45, 2.75) is 75.6 Å². The van der Waals surface area contributed by atoms with Crippen LogP contribution in [0.15, 0.2) is 175 Å². The lowest BCUT2D eigenvalue weighted by Crippen LogP contribution is -2.56. The van der Waals surface area contributed by atoms with Crippen molar-refractivity contribution in [1.82, 2.24) is 0 Å². The third-order valence-electron chi connectivity index (χ3n) is 10.4. The Morgan fingerprint density at radius 1 is 0.603 bits per heavy atom. The molecule has 5 aromatic rings. The number of ether oxygens (including phenoxy) is 9. The van der Waals surface area contributed by atoms with Crippen molar-refractivity contribution in [2.75, 3.05) is 20.3 Å². The van der Waals surface area contributed by atoms with Crippen LogP contribution >= 0.6 is 0 Å². The molecule has 300 valence electrons. The molecule has 1 unspecified atom stereocenters. The summed E-state index contributed by atoms with van der Waals surface area (Å²) in [7, 11) is 1.62. The molecule has 0 aliphatic carbocycles. The van der Waals surface area contributed by atoms with E-state index in [2.05, 4.69) is 24.3 Å². The highest BCUT2D eigenvalue weighted by molar-refractivity contribution is 5.32. The molecule has 58 heavy (non-hydrogen) atoms. The van der Waals surface area contributed by atoms with Crippen LogP contribution in [-0.4, -0.2) is 63.2 Å². The van der Waals surface area contributed by atoms with Crippen molar-refractivity contribution >= 4 is 0 Å². The van der Waals surface area contributed by atoms with Crippen molar-refractivity contribution < 1.29 is 42.6 Å². The topological polar surface area (TPSA) is 83.1 Å². The highest BCUT2D eigenvalue weighted by Crippen LogP contribution is 2.40. The Hall–Kier alpha value is -4.94. The Morgan fingerprint density at radius 2 is 1.14 bits per heavy atom. The Labute approximate surface area is 340 Å². The van der Waals surface area contributed by atoms with Gasteiger partial charge in [0.25, 0.3) is 0 Å². The van der Waals surface area contributed by atoms with Gasteiger partial charge in [-0.1, -0.05) is 152 Å². The van der Waals surface area contributed by atoms with Crippen LogP contribution in [0.25, 0.3) is 0 Å². The fraction of sp³-hybridized carbons (Fsp3) is 0.306. The number of hydrogen-bond acceptors (Lipinski definition) is 9. The highest BCUT2D eigenvalue weighted by atomic mass is 16.8. The molecule has 0 amide bonds. The van der Waals surface area contributed by atoms with E-state index in [0.717, 1.165) is 33.4 Å². The third-order valence-corrected chi connectivity index (χ3v) is 10.4. The largest absolute Gasteiger partial charge is 0.485 e. The van der Waals surface area contributed by atoms with E-state index in [4.69, 9.17) is 42.6 Å². The minimum atomic E-state index is -0.738. The van der Waals surface area contributed by atoms with Gasteiger partial charge < -0.3 is 42.6 Å². The van der Waals surface area contributed by atoms with Crippen LogP contribution in [0.1, 0.15) is 34.1 Å². The molecule has 9 nitrogen and oxygen atoms in total. The van der Waals surface area contributed by atoms with Crippen molar-refractivity contribution in [3.05, 3.63) is 203 Å². The average molecular weight is 783 g/mol. The number of rotatable bonds is 16. The number of fused-ring (bicyclic) bond motifs is 1. The number of methoxy groups -OCH3 is 1. The summed E-state index contributed by atoms with van der Waals surface area (Å²) in [5.74, 6) is 0.580. The Morgan fingerprint density at radius 3 is 1.72 bits per heavy atom. The zero-order chi connectivity index (χ0) is 39.4. The predicted octanol–water partition coefficient (Wildman–Crippen LogP) is 8.65. The third kappa shape index (κ3) is 10.4. The van der Waals surface area contributed by atoms with E-state index in [1.54, 1.807) is 7.11 Å². The molecule has 0 N–H and O–H groups in total. The summed E-state index contributed by atoms with van der Waals surface area (Å²) in [5, 5.41) is 0. The maximum atomic E-state index is 6.91. The summed E-state index contributed by atoms with van der Waals surface area (Å²) in [4.78, 5) is 0. The first-order chi connectivity index (χ1) is 28.7. The van der Waals surface area contributed by atoms with E-state index >= 15 is 0 Å². The summed E-state index contributed by atoms with van der Waals surface area (Å²) in [6.45, 7) is 2.05. The molecule has 0 aromatic heterocycles. The normalized spacial score (nSPS) is 26.4. The highest BCUT2D eigenvalue weighted by Gasteiger charge is 2.48. The monoisotopic (exact) mass is 782 g/mol. The van der Waals surface area contributed by atoms with Gasteiger partial charge >= 0.3 is 0 Å². The molecule has 3 heterocycles. The second kappa shape index (κ2) is 20.2. The van der Waals surface area contributed by atoms with Crippen LogP contribution in [0.2, 0.25) is 0 Å². The maximum absolute atomic E-state index is 6.91. The van der Waals surface area contributed by atoms with Crippen LogP contribution in [0, 0.1) is 0 Å². The number of hydrogen-bond donors (Lipinski definition) is 0. The molecule has 5 aromatic carbocycles. The minimum absolute atomic E-state index is 0.254. The molecule has 0 radical (unpaired) electrons. The summed E-state index contributed by atoms with van der Waals surface area (Å²) >= 11 is 0. The molecule has 0 bridgehead atoms. The van der Waals surface area contributed by atoms with Crippen LogP contribution in [-0.2, 0) is 69.1 Å². The molecule has 3 aliphatic heterocycles. The van der Waals surface area contributed by atoms with Gasteiger partial charge in [0, 0.05) is 12.7 Å². The number of allylic oxidation sites excluding steroid dienone is 1. The smallest absolute Gasteiger partial charge is 0.188 e. The lowest BCUT2D eigenvalue weighted by atomic mass is 9.92. The summed E-state index contributed by atoms with van der Waals surface area (Å²) < 4.78 is 58.9. The van der Waals surface area contributed by atoms with E-state index < -0.39 is 49.2 Å². The van der Waals surface area contributed by atoms with Crippen LogP contribution in [0.4, 0.5) is 0 Å². The summed E-state index contributed by atoms with van der Waals surface area (Å²) in [6, 6.07) is 50.3. The van der Waals surface area contributed by atoms with E-state index in [0.29, 0.717) is 38.8 Å². The molecule has 2 fully saturated rings. The molecule has 8 rings (SSSR count). The van der Waals surface area contributed by atoms with E-state index in [1.165, 1.54) is 0 Å². The van der Waals surface area contributed by atoms with Crippen LogP contribution in [0.5, 0.6) is 0 Å². The van der Waals surface area contributed by atoms with Gasteiger partial charge in [0.2, 0.25) is 0 Å². The lowest BCUT2D eigenvalue weighted by Gasteiger charge is -2.46. The zero-order valence-corrected chi connectivity index (χ0v) is 32.6. The second-order valence-electron chi connectivity index (χ2n) is 14.5. The first-order valence-electron chi connectivity index (χ1n) is 19.9. The fourth-order valence-corrected chi connectivity index (χ4v) is 7.43. The van der Waals surface area contributed by atoms with Crippen LogP contribution < -0.4 is 0 Å². The molecule has 8 atom stereocenters. The summed E-state index contributed by atoms with van der Waals surface area (Å²) in [5.41, 5.74) is 5.90. The average Bonchev–Trinajstić information content (AvgIpc) is 3.29. The Bertz CT molecular complexity index is 2020. The van der Waals surface area contributed by atoms with Gasteiger partial charge in [-0.3, -0.25) is 0 Å². The molecule has 9 heteroatoms. The molecular weight excluding hydrogens is 733 g/mol. The first kappa shape index (κ1) is 39.9. The van der Waals surface area contributed by atoms with Gasteiger partial charge in [-0.2, -0.15) is 0 Å². The molecule has 2 saturated heterocycles. The SMILES string of the molecule is CO[C@H]1O[C@@H]2COC(c3ccccc3)O[C@@H]2/C(=C/C2=C[C@@H](OCc3ccccc3)[C@H](OCc3ccccc3)[C@@H](COCc3ccccc3)O2)[C@H]1OCc1ccccc1. The maximum Gasteiger partial charge on any atom is 0.188 e. The van der Waals surface area contributed by atoms with Crippen molar-refractivity contribution in [2.24, 2.45) is 0 Å². The van der Waals surface area contributed by atoms with Crippen molar-refractivity contribution in [1.29, 1.82) is 0 Å². The minimum Gasteiger partial charge on any atom is -0.485 e. The van der Waals surface area contributed by atoms with Crippen LogP contribution in [0.3, 0.4) is 0 Å². The molecule has 0 saturated carbocycles. The van der Waals surface area contributed by atoms with E-state index in [1.807, 2.05) is 140 Å². The quantitative estimate of drug-likeness (QED) is 0.0977. The first-order valence-corrected chi connectivity index (χ1v) is 19.9. The van der Waals surface area contributed by atoms with Gasteiger partial charge in [-0.15, -0.1) is 0 Å². The predicted molar refractivity (Wildman–Crippen MR) is 218 cm³/mol. The van der Waals surface area contributed by atoms with Crippen molar-refractivity contribution in [3.8, 4) is 0 Å². The zero-order valence-electron chi connectivity index (χ0n) is 32.6. The van der Waals surface area contributed by atoms with Gasteiger partial charge in [0.15, 0.2) is 18.7 Å². The van der Waals surface area contributed by atoms with E-state index in [9.17, 15) is 0 Å². The van der Waals surface area contributed by atoms with Gasteiger partial charge in [0.05, 0.1) is 39.6 Å². The van der Waals surface area contributed by atoms with E-state index in [-0.39, 0.29) is 6.61 Å². The fourth-order valence-electron chi connectivity index (χ4n) is 7.43. The summed E-state index contributed by atoms with van der Waals surface area (Å²) in [6.07, 6.45) is -0.528. The number of benzene rings is 5. The molecular formula is C49H50O9. The van der Waals surface area contributed by atoms with Gasteiger partial charge in [0.1, 0.15) is 36.3 Å². The van der Waals surface area contributed by atoms with Crippen molar-refractivity contribution in [3.63, 3.8) is 0 Å². The Balaban J connectivity index is 1.15. The second-order valence-corrected chi connectivity index (χ2v) is 14.5. The van der Waals surface area contributed by atoms with Gasteiger partial charge in [-0.25, -0.2) is 0 Å².